The van der Waals surface area contributed by atoms with Crippen LogP contribution in [0.4, 0.5) is 5.69 Å². The summed E-state index contributed by atoms with van der Waals surface area (Å²) >= 11 is 0. The minimum atomic E-state index is -0.253. The fraction of sp³-hybridized carbons (Fsp3) is 0.219. The van der Waals surface area contributed by atoms with Gasteiger partial charge in [0, 0.05) is 43.0 Å². The third kappa shape index (κ3) is 6.33. The van der Waals surface area contributed by atoms with Crippen molar-refractivity contribution in [1.29, 1.82) is 0 Å². The first kappa shape index (κ1) is 26.1. The Morgan fingerprint density at radius 3 is 1.97 bits per heavy atom. The van der Waals surface area contributed by atoms with Crippen LogP contribution in [-0.4, -0.2) is 53.2 Å². The van der Waals surface area contributed by atoms with E-state index in [0.717, 1.165) is 30.8 Å². The van der Waals surface area contributed by atoms with Gasteiger partial charge in [0.1, 0.15) is 5.69 Å². The van der Waals surface area contributed by atoms with Crippen molar-refractivity contribution in [2.45, 2.75) is 12.8 Å². The summed E-state index contributed by atoms with van der Waals surface area (Å²) in [4.78, 5) is 40.5. The van der Waals surface area contributed by atoms with Gasteiger partial charge in [0.2, 0.25) is 0 Å². The highest BCUT2D eigenvalue weighted by molar-refractivity contribution is 6.09. The molecule has 39 heavy (non-hydrogen) atoms. The molecule has 2 amide bonds. The van der Waals surface area contributed by atoms with Gasteiger partial charge >= 0.3 is 0 Å². The van der Waals surface area contributed by atoms with Crippen LogP contribution < -0.4 is 10.6 Å². The minimum absolute atomic E-state index is 0.0159. The molecule has 0 saturated carbocycles. The van der Waals surface area contributed by atoms with Gasteiger partial charge in [-0.15, -0.1) is 0 Å². The number of likely N-dealkylation sites (tertiary alicyclic amines) is 1. The van der Waals surface area contributed by atoms with E-state index in [2.05, 4.69) is 15.5 Å². The molecule has 1 aromatic heterocycles. The second kappa shape index (κ2) is 11.9. The van der Waals surface area contributed by atoms with Crippen molar-refractivity contribution in [1.82, 2.24) is 14.8 Å². The van der Waals surface area contributed by atoms with Crippen molar-refractivity contribution >= 4 is 23.3 Å². The van der Waals surface area contributed by atoms with Crippen LogP contribution in [-0.2, 0) is 7.05 Å². The molecule has 2 heterocycles. The lowest BCUT2D eigenvalue weighted by Gasteiger charge is -2.14. The predicted molar refractivity (Wildman–Crippen MR) is 153 cm³/mol. The van der Waals surface area contributed by atoms with E-state index in [1.54, 1.807) is 36.0 Å². The van der Waals surface area contributed by atoms with Crippen LogP contribution in [0.25, 0.3) is 11.1 Å². The number of aromatic nitrogens is 1. The summed E-state index contributed by atoms with van der Waals surface area (Å²) in [5.41, 5.74) is 4.75. The molecule has 1 fully saturated rings. The maximum Gasteiger partial charge on any atom is 0.268 e. The number of carbonyl (C=O) groups excluding carboxylic acids is 3. The summed E-state index contributed by atoms with van der Waals surface area (Å²) in [6.45, 7) is 3.65. The first-order chi connectivity index (χ1) is 19.0. The molecular formula is C32H32N4O3. The highest BCUT2D eigenvalue weighted by Crippen LogP contribution is 2.22. The van der Waals surface area contributed by atoms with E-state index in [4.69, 9.17) is 0 Å². The number of nitrogens with one attached hydrogen (secondary N) is 2. The number of benzene rings is 3. The quantitative estimate of drug-likeness (QED) is 0.304. The van der Waals surface area contributed by atoms with E-state index in [1.165, 1.54) is 12.8 Å². The molecule has 0 spiro atoms. The molecule has 0 atom stereocenters. The van der Waals surface area contributed by atoms with Crippen LogP contribution in [0.3, 0.4) is 0 Å². The zero-order valence-electron chi connectivity index (χ0n) is 22.0. The molecule has 7 nitrogen and oxygen atoms in total. The van der Waals surface area contributed by atoms with Gasteiger partial charge in [-0.3, -0.25) is 14.4 Å². The van der Waals surface area contributed by atoms with Crippen LogP contribution in [0.5, 0.6) is 0 Å². The molecule has 4 aromatic rings. The molecule has 1 saturated heterocycles. The Bertz CT molecular complexity index is 1450. The van der Waals surface area contributed by atoms with Gasteiger partial charge in [0.05, 0.1) is 5.69 Å². The summed E-state index contributed by atoms with van der Waals surface area (Å²) in [6, 6.07) is 25.6. The number of anilines is 1. The smallest absolute Gasteiger partial charge is 0.268 e. The first-order valence-electron chi connectivity index (χ1n) is 13.3. The summed E-state index contributed by atoms with van der Waals surface area (Å²) in [5, 5.41) is 5.86. The Kier molecular flexibility index (Phi) is 7.99. The lowest BCUT2D eigenvalue weighted by molar-refractivity contribution is 0.0940. The van der Waals surface area contributed by atoms with Crippen molar-refractivity contribution in [2.75, 3.05) is 31.5 Å². The predicted octanol–water partition coefficient (Wildman–Crippen LogP) is 5.00. The molecule has 198 valence electrons. The molecule has 0 aliphatic carbocycles. The molecular weight excluding hydrogens is 488 g/mol. The lowest BCUT2D eigenvalue weighted by Crippen LogP contribution is -2.34. The highest BCUT2D eigenvalue weighted by Gasteiger charge is 2.16. The monoisotopic (exact) mass is 520 g/mol. The Labute approximate surface area is 228 Å². The number of nitrogens with zero attached hydrogens (tertiary/aromatic N) is 2. The Hall–Kier alpha value is -4.49. The maximum absolute atomic E-state index is 12.9. The van der Waals surface area contributed by atoms with Gasteiger partial charge in [-0.2, -0.15) is 0 Å². The molecule has 3 aromatic carbocycles. The summed E-state index contributed by atoms with van der Waals surface area (Å²) < 4.78 is 1.72. The molecule has 1 aliphatic heterocycles. The molecule has 0 radical (unpaired) electrons. The summed E-state index contributed by atoms with van der Waals surface area (Å²) in [6.07, 6.45) is 4.18. The zero-order chi connectivity index (χ0) is 27.2. The Morgan fingerprint density at radius 1 is 0.744 bits per heavy atom. The molecule has 1 aliphatic rings. The van der Waals surface area contributed by atoms with Crippen LogP contribution in [0, 0.1) is 0 Å². The Balaban J connectivity index is 1.18. The number of ketones is 1. The van der Waals surface area contributed by atoms with Gasteiger partial charge in [-0.25, -0.2) is 0 Å². The zero-order valence-corrected chi connectivity index (χ0v) is 22.0. The van der Waals surface area contributed by atoms with Crippen molar-refractivity contribution < 1.29 is 14.4 Å². The van der Waals surface area contributed by atoms with E-state index < -0.39 is 0 Å². The van der Waals surface area contributed by atoms with Crippen LogP contribution in [0.15, 0.2) is 91.1 Å². The lowest BCUT2D eigenvalue weighted by atomic mass is 9.99. The highest BCUT2D eigenvalue weighted by atomic mass is 16.2. The van der Waals surface area contributed by atoms with E-state index in [9.17, 15) is 14.4 Å². The van der Waals surface area contributed by atoms with Gasteiger partial charge in [0.15, 0.2) is 5.78 Å². The molecule has 5 rings (SSSR count). The standard InChI is InChI=1S/C32H32N4O3/c1-35-22-28(21-29(35)32(39)33-17-20-36-18-5-6-19-36)34-31(38)27-15-11-24(12-16-27)23-9-13-26(14-10-23)30(37)25-7-3-2-4-8-25/h2-4,7-16,21-22H,5-6,17-20H2,1H3,(H,33,39)(H,34,38). The average molecular weight is 521 g/mol. The van der Waals surface area contributed by atoms with Crippen LogP contribution in [0.1, 0.15) is 49.6 Å². The minimum Gasteiger partial charge on any atom is -0.349 e. The van der Waals surface area contributed by atoms with Gasteiger partial charge < -0.3 is 20.1 Å². The fourth-order valence-corrected chi connectivity index (χ4v) is 4.87. The van der Waals surface area contributed by atoms with Gasteiger partial charge in [-0.1, -0.05) is 66.7 Å². The maximum atomic E-state index is 12.9. The van der Waals surface area contributed by atoms with Crippen molar-refractivity contribution in [3.05, 3.63) is 114 Å². The van der Waals surface area contributed by atoms with Gasteiger partial charge in [0.25, 0.3) is 11.8 Å². The number of carbonyl (C=O) groups is 3. The SMILES string of the molecule is Cn1cc(NC(=O)c2ccc(-c3ccc(C(=O)c4ccccc4)cc3)cc2)cc1C(=O)NCCN1CCCC1. The topological polar surface area (TPSA) is 83.4 Å². The normalized spacial score (nSPS) is 13.3. The van der Waals surface area contributed by atoms with Gasteiger partial charge in [-0.05, 0) is 55.3 Å². The third-order valence-corrected chi connectivity index (χ3v) is 7.07. The fourth-order valence-electron chi connectivity index (χ4n) is 4.87. The van der Waals surface area contributed by atoms with Crippen LogP contribution in [0.2, 0.25) is 0 Å². The number of aryl methyl sites for hydroxylation is 1. The van der Waals surface area contributed by atoms with E-state index in [-0.39, 0.29) is 17.6 Å². The molecule has 0 bridgehead atoms. The number of amides is 2. The van der Waals surface area contributed by atoms with Crippen LogP contribution >= 0.6 is 0 Å². The van der Waals surface area contributed by atoms with Crippen molar-refractivity contribution in [2.24, 2.45) is 7.05 Å². The van der Waals surface area contributed by atoms with E-state index in [0.29, 0.717) is 34.6 Å². The second-order valence-electron chi connectivity index (χ2n) is 9.83. The average Bonchev–Trinajstić information content (AvgIpc) is 3.62. The third-order valence-electron chi connectivity index (χ3n) is 7.07. The van der Waals surface area contributed by atoms with E-state index >= 15 is 0 Å². The van der Waals surface area contributed by atoms with Crippen molar-refractivity contribution in [3.63, 3.8) is 0 Å². The number of hydrogen-bond acceptors (Lipinski definition) is 4. The second-order valence-corrected chi connectivity index (χ2v) is 9.83. The summed E-state index contributed by atoms with van der Waals surface area (Å²) in [5.74, 6) is -0.423. The van der Waals surface area contributed by atoms with Crippen molar-refractivity contribution in [3.8, 4) is 11.1 Å². The first-order valence-corrected chi connectivity index (χ1v) is 13.3. The molecule has 2 N–H and O–H groups in total. The number of hydrogen-bond donors (Lipinski definition) is 2. The molecule has 7 heteroatoms. The molecule has 0 unspecified atom stereocenters. The Morgan fingerprint density at radius 2 is 1.33 bits per heavy atom. The number of rotatable bonds is 9. The van der Waals surface area contributed by atoms with E-state index in [1.807, 2.05) is 66.7 Å². The summed E-state index contributed by atoms with van der Waals surface area (Å²) in [7, 11) is 1.79. The largest absolute Gasteiger partial charge is 0.349 e.